The predicted molar refractivity (Wildman–Crippen MR) is 46.8 cm³/mol. The second kappa shape index (κ2) is 3.71. The molecule has 14 heavy (non-hydrogen) atoms. The van der Waals surface area contributed by atoms with Crippen LogP contribution in [-0.2, 0) is 0 Å². The van der Waals surface area contributed by atoms with E-state index in [9.17, 15) is 14.9 Å². The fourth-order valence-electron chi connectivity index (χ4n) is 0.931. The van der Waals surface area contributed by atoms with Gasteiger partial charge >= 0.3 is 0 Å². The first-order valence-electron chi connectivity index (χ1n) is 3.54. The minimum absolute atomic E-state index is 0.0156. The number of hydrogen-bond acceptors (Lipinski definition) is 5. The Morgan fingerprint density at radius 2 is 2.21 bits per heavy atom. The van der Waals surface area contributed by atoms with E-state index in [-0.39, 0.29) is 16.9 Å². The average molecular weight is 197 g/mol. The van der Waals surface area contributed by atoms with E-state index in [2.05, 4.69) is 0 Å². The first-order chi connectivity index (χ1) is 6.56. The molecule has 1 amide bonds. The highest BCUT2D eigenvalue weighted by Gasteiger charge is 2.13. The van der Waals surface area contributed by atoms with Crippen LogP contribution >= 0.6 is 0 Å². The first kappa shape index (κ1) is 9.93. The Labute approximate surface area is 78.2 Å². The fraction of sp³-hybridized carbons (Fsp3) is 0. The Morgan fingerprint density at radius 1 is 1.57 bits per heavy atom. The molecule has 0 saturated carbocycles. The minimum Gasteiger partial charge on any atom is -0.398 e. The van der Waals surface area contributed by atoms with Crippen molar-refractivity contribution in [1.82, 2.24) is 5.48 Å². The Kier molecular flexibility index (Phi) is 2.63. The number of anilines is 1. The molecular weight excluding hydrogens is 190 g/mol. The summed E-state index contributed by atoms with van der Waals surface area (Å²) in [7, 11) is 0. The fourth-order valence-corrected chi connectivity index (χ4v) is 0.931. The van der Waals surface area contributed by atoms with E-state index in [0.717, 1.165) is 12.1 Å². The van der Waals surface area contributed by atoms with Crippen molar-refractivity contribution in [2.45, 2.75) is 0 Å². The normalized spacial score (nSPS) is 9.50. The van der Waals surface area contributed by atoms with Crippen molar-refractivity contribution in [3.63, 3.8) is 0 Å². The molecular formula is C7H7N3O4. The summed E-state index contributed by atoms with van der Waals surface area (Å²) in [4.78, 5) is 20.6. The van der Waals surface area contributed by atoms with Crippen LogP contribution in [-0.4, -0.2) is 16.0 Å². The summed E-state index contributed by atoms with van der Waals surface area (Å²) < 4.78 is 0. The van der Waals surface area contributed by atoms with Gasteiger partial charge in [-0.1, -0.05) is 0 Å². The monoisotopic (exact) mass is 197 g/mol. The second-order valence-corrected chi connectivity index (χ2v) is 2.47. The van der Waals surface area contributed by atoms with Gasteiger partial charge in [0.15, 0.2) is 0 Å². The molecule has 7 nitrogen and oxygen atoms in total. The lowest BCUT2D eigenvalue weighted by atomic mass is 10.1. The van der Waals surface area contributed by atoms with Gasteiger partial charge in [-0.25, -0.2) is 5.48 Å². The van der Waals surface area contributed by atoms with E-state index < -0.39 is 10.8 Å². The number of hydrogen-bond donors (Lipinski definition) is 3. The largest absolute Gasteiger partial charge is 0.398 e. The van der Waals surface area contributed by atoms with Crippen molar-refractivity contribution in [3.05, 3.63) is 33.9 Å². The molecule has 0 heterocycles. The lowest BCUT2D eigenvalue weighted by molar-refractivity contribution is -0.384. The van der Waals surface area contributed by atoms with Crippen LogP contribution in [0.4, 0.5) is 11.4 Å². The minimum atomic E-state index is -0.808. The zero-order chi connectivity index (χ0) is 10.7. The van der Waals surface area contributed by atoms with Gasteiger partial charge in [-0.3, -0.25) is 20.1 Å². The van der Waals surface area contributed by atoms with E-state index in [4.69, 9.17) is 10.9 Å². The molecule has 7 heteroatoms. The van der Waals surface area contributed by atoms with Crippen LogP contribution in [0.5, 0.6) is 0 Å². The summed E-state index contributed by atoms with van der Waals surface area (Å²) in [6, 6.07) is 3.34. The van der Waals surface area contributed by atoms with Gasteiger partial charge in [-0.15, -0.1) is 0 Å². The van der Waals surface area contributed by atoms with Crippen molar-refractivity contribution in [3.8, 4) is 0 Å². The van der Waals surface area contributed by atoms with E-state index in [0.29, 0.717) is 0 Å². The maximum Gasteiger partial charge on any atom is 0.276 e. The van der Waals surface area contributed by atoms with Crippen molar-refractivity contribution in [2.24, 2.45) is 0 Å². The first-order valence-corrected chi connectivity index (χ1v) is 3.54. The molecule has 0 fully saturated rings. The SMILES string of the molecule is Nc1cc([N+](=O)[O-])ccc1C(=O)NO. The van der Waals surface area contributed by atoms with Gasteiger partial charge in [-0.2, -0.15) is 0 Å². The molecule has 0 aliphatic rings. The third kappa shape index (κ3) is 1.77. The summed E-state index contributed by atoms with van der Waals surface area (Å²) in [6.07, 6.45) is 0. The van der Waals surface area contributed by atoms with Crippen LogP contribution in [0.3, 0.4) is 0 Å². The number of hydroxylamine groups is 1. The van der Waals surface area contributed by atoms with Gasteiger partial charge in [0.25, 0.3) is 11.6 Å². The van der Waals surface area contributed by atoms with Gasteiger partial charge in [0, 0.05) is 12.1 Å². The maximum atomic E-state index is 10.9. The number of amides is 1. The van der Waals surface area contributed by atoms with Crippen LogP contribution in [0, 0.1) is 10.1 Å². The van der Waals surface area contributed by atoms with E-state index in [1.54, 1.807) is 0 Å². The van der Waals surface area contributed by atoms with Crippen molar-refractivity contribution in [2.75, 3.05) is 5.73 Å². The summed E-state index contributed by atoms with van der Waals surface area (Å²) in [5.74, 6) is -0.808. The average Bonchev–Trinajstić information content (AvgIpc) is 2.16. The van der Waals surface area contributed by atoms with E-state index in [1.165, 1.54) is 11.5 Å². The van der Waals surface area contributed by atoms with Gasteiger partial charge in [-0.05, 0) is 6.07 Å². The van der Waals surface area contributed by atoms with Crippen molar-refractivity contribution in [1.29, 1.82) is 0 Å². The molecule has 0 unspecified atom stereocenters. The van der Waals surface area contributed by atoms with Crippen LogP contribution < -0.4 is 11.2 Å². The molecule has 0 atom stereocenters. The zero-order valence-electron chi connectivity index (χ0n) is 6.93. The predicted octanol–water partition coefficient (Wildman–Crippen LogP) is 0.296. The van der Waals surface area contributed by atoms with Crippen molar-refractivity contribution >= 4 is 17.3 Å². The second-order valence-electron chi connectivity index (χ2n) is 2.47. The summed E-state index contributed by atoms with van der Waals surface area (Å²) in [6.45, 7) is 0. The molecule has 0 aliphatic heterocycles. The standard InChI is InChI=1S/C7H7N3O4/c8-6-3-4(10(13)14)1-2-5(6)7(11)9-12/h1-3,12H,8H2,(H,9,11). The van der Waals surface area contributed by atoms with Crippen molar-refractivity contribution < 1.29 is 14.9 Å². The van der Waals surface area contributed by atoms with Crippen LogP contribution in [0.2, 0.25) is 0 Å². The number of non-ortho nitro benzene ring substituents is 1. The third-order valence-corrected chi connectivity index (χ3v) is 1.59. The Bertz CT molecular complexity index is 391. The lowest BCUT2D eigenvalue weighted by Gasteiger charge is -2.02. The highest BCUT2D eigenvalue weighted by Crippen LogP contribution is 2.19. The number of nitrogens with one attached hydrogen (secondary N) is 1. The van der Waals surface area contributed by atoms with Gasteiger partial charge in [0.05, 0.1) is 16.2 Å². The number of nitrogens with two attached hydrogens (primary N) is 1. The molecule has 0 bridgehead atoms. The molecule has 1 aromatic rings. The molecule has 74 valence electrons. The number of rotatable bonds is 2. The Morgan fingerprint density at radius 3 is 2.64 bits per heavy atom. The topological polar surface area (TPSA) is 118 Å². The van der Waals surface area contributed by atoms with Gasteiger partial charge in [0.2, 0.25) is 0 Å². The molecule has 0 radical (unpaired) electrons. The molecule has 1 aromatic carbocycles. The number of nitro groups is 1. The maximum absolute atomic E-state index is 10.9. The van der Waals surface area contributed by atoms with Crippen LogP contribution in [0.25, 0.3) is 0 Å². The lowest BCUT2D eigenvalue weighted by Crippen LogP contribution is -2.20. The molecule has 0 spiro atoms. The highest BCUT2D eigenvalue weighted by molar-refractivity contribution is 5.98. The van der Waals surface area contributed by atoms with Crippen LogP contribution in [0.15, 0.2) is 18.2 Å². The number of carbonyl (C=O) groups excluding carboxylic acids is 1. The third-order valence-electron chi connectivity index (χ3n) is 1.59. The molecule has 4 N–H and O–H groups in total. The number of carbonyl (C=O) groups is 1. The van der Waals surface area contributed by atoms with Crippen LogP contribution in [0.1, 0.15) is 10.4 Å². The summed E-state index contributed by atoms with van der Waals surface area (Å²) in [5, 5.41) is 18.6. The molecule has 0 saturated heterocycles. The highest BCUT2D eigenvalue weighted by atomic mass is 16.6. The number of nitro benzene ring substituents is 1. The van der Waals surface area contributed by atoms with Gasteiger partial charge < -0.3 is 5.73 Å². The number of nitrogens with zero attached hydrogens (tertiary/aromatic N) is 1. The quantitative estimate of drug-likeness (QED) is 0.272. The molecule has 0 aliphatic carbocycles. The van der Waals surface area contributed by atoms with E-state index in [1.807, 2.05) is 0 Å². The zero-order valence-corrected chi connectivity index (χ0v) is 6.93. The molecule has 0 aromatic heterocycles. The number of nitrogen functional groups attached to an aromatic ring is 1. The van der Waals surface area contributed by atoms with Gasteiger partial charge in [0.1, 0.15) is 0 Å². The molecule has 1 rings (SSSR count). The Hall–Kier alpha value is -2.15. The summed E-state index contributed by atoms with van der Waals surface area (Å²) >= 11 is 0. The van der Waals surface area contributed by atoms with E-state index >= 15 is 0 Å². The number of benzene rings is 1. The smallest absolute Gasteiger partial charge is 0.276 e. The summed E-state index contributed by atoms with van der Waals surface area (Å²) in [5.41, 5.74) is 6.45. The Balaban J connectivity index is 3.14.